The quantitative estimate of drug-likeness (QED) is 0.681. The minimum Gasteiger partial charge on any atom is -0.368 e. The van der Waals surface area contributed by atoms with Gasteiger partial charge < -0.3 is 16.8 Å². The molecule has 0 aromatic heterocycles. The van der Waals surface area contributed by atoms with Gasteiger partial charge in [0, 0.05) is 12.5 Å². The highest BCUT2D eigenvalue weighted by molar-refractivity contribution is 5.89. The third kappa shape index (κ3) is 4.52. The first-order valence-electron chi connectivity index (χ1n) is 5.69. The van der Waals surface area contributed by atoms with Crippen molar-refractivity contribution in [2.75, 3.05) is 0 Å². The molecule has 5 N–H and O–H groups in total. The van der Waals surface area contributed by atoms with Crippen LogP contribution in [0, 0.1) is 5.92 Å². The van der Waals surface area contributed by atoms with Crippen LogP contribution in [0.15, 0.2) is 0 Å². The first-order valence-corrected chi connectivity index (χ1v) is 5.69. The van der Waals surface area contributed by atoms with E-state index in [-0.39, 0.29) is 30.3 Å². The van der Waals surface area contributed by atoms with Gasteiger partial charge >= 0.3 is 0 Å². The molecule has 0 aromatic carbocycles. The lowest BCUT2D eigenvalue weighted by molar-refractivity contribution is -0.130. The Morgan fingerprint density at radius 1 is 1.35 bits per heavy atom. The van der Waals surface area contributed by atoms with E-state index in [0.29, 0.717) is 6.42 Å². The summed E-state index contributed by atoms with van der Waals surface area (Å²) in [5.74, 6) is -0.439. The van der Waals surface area contributed by atoms with Crippen molar-refractivity contribution in [3.63, 3.8) is 0 Å². The van der Waals surface area contributed by atoms with E-state index < -0.39 is 11.4 Å². The molecule has 1 saturated carbocycles. The maximum atomic E-state index is 11.7. The molecule has 0 radical (unpaired) electrons. The van der Waals surface area contributed by atoms with Crippen LogP contribution in [0.1, 0.15) is 39.5 Å². The number of halogens is 1. The molecule has 0 aromatic rings. The van der Waals surface area contributed by atoms with E-state index in [2.05, 4.69) is 5.32 Å². The van der Waals surface area contributed by atoms with Gasteiger partial charge in [-0.2, -0.15) is 0 Å². The van der Waals surface area contributed by atoms with Crippen molar-refractivity contribution in [2.24, 2.45) is 17.4 Å². The van der Waals surface area contributed by atoms with Crippen molar-refractivity contribution < 1.29 is 9.59 Å². The minimum absolute atomic E-state index is 0. The van der Waals surface area contributed by atoms with Gasteiger partial charge in [-0.3, -0.25) is 9.59 Å². The second-order valence-corrected chi connectivity index (χ2v) is 5.10. The fourth-order valence-electron chi connectivity index (χ4n) is 2.02. The van der Waals surface area contributed by atoms with Crippen molar-refractivity contribution in [2.45, 2.75) is 51.1 Å². The molecule has 0 bridgehead atoms. The SMILES string of the molecule is CC(C)(NC(=O)C[C@@H]1CCC[C@H]1N)C(N)=O.Cl. The van der Waals surface area contributed by atoms with Crippen LogP contribution in [0.5, 0.6) is 0 Å². The average Bonchev–Trinajstić information content (AvgIpc) is 2.50. The molecule has 1 rings (SSSR count). The lowest BCUT2D eigenvalue weighted by Crippen LogP contribution is -2.53. The summed E-state index contributed by atoms with van der Waals surface area (Å²) < 4.78 is 0. The molecule has 0 saturated heterocycles. The van der Waals surface area contributed by atoms with Crippen LogP contribution in [0.4, 0.5) is 0 Å². The van der Waals surface area contributed by atoms with Crippen LogP contribution in [-0.2, 0) is 9.59 Å². The van der Waals surface area contributed by atoms with Gasteiger partial charge in [0.05, 0.1) is 0 Å². The highest BCUT2D eigenvalue weighted by Crippen LogP contribution is 2.26. The molecule has 0 heterocycles. The summed E-state index contributed by atoms with van der Waals surface area (Å²) in [5, 5.41) is 2.63. The summed E-state index contributed by atoms with van der Waals surface area (Å²) in [5.41, 5.74) is 10.1. The van der Waals surface area contributed by atoms with Crippen molar-refractivity contribution in [3.8, 4) is 0 Å². The Hall–Kier alpha value is -0.810. The van der Waals surface area contributed by atoms with Crippen LogP contribution in [0.2, 0.25) is 0 Å². The molecule has 17 heavy (non-hydrogen) atoms. The third-order valence-electron chi connectivity index (χ3n) is 3.23. The maximum absolute atomic E-state index is 11.7. The Morgan fingerprint density at radius 3 is 2.35 bits per heavy atom. The summed E-state index contributed by atoms with van der Waals surface area (Å²) in [4.78, 5) is 22.7. The molecule has 100 valence electrons. The minimum atomic E-state index is -0.986. The van der Waals surface area contributed by atoms with E-state index in [1.54, 1.807) is 13.8 Å². The van der Waals surface area contributed by atoms with E-state index in [9.17, 15) is 9.59 Å². The van der Waals surface area contributed by atoms with E-state index in [1.165, 1.54) is 0 Å². The first kappa shape index (κ1) is 16.2. The molecule has 5 nitrogen and oxygen atoms in total. The molecule has 1 fully saturated rings. The molecule has 1 aliphatic carbocycles. The molecule has 0 aliphatic heterocycles. The summed E-state index contributed by atoms with van der Waals surface area (Å²) >= 11 is 0. The second kappa shape index (κ2) is 6.21. The molecule has 6 heteroatoms. The topological polar surface area (TPSA) is 98.2 Å². The highest BCUT2D eigenvalue weighted by Gasteiger charge is 2.30. The summed E-state index contributed by atoms with van der Waals surface area (Å²) in [6.45, 7) is 3.20. The normalized spacial score (nSPS) is 23.9. The Morgan fingerprint density at radius 2 is 1.94 bits per heavy atom. The van der Waals surface area contributed by atoms with Crippen LogP contribution in [-0.4, -0.2) is 23.4 Å². The second-order valence-electron chi connectivity index (χ2n) is 5.10. The van der Waals surface area contributed by atoms with Crippen molar-refractivity contribution >= 4 is 24.2 Å². The molecule has 1 aliphatic rings. The standard InChI is InChI=1S/C11H21N3O2.ClH/c1-11(2,10(13)16)14-9(15)6-7-4-3-5-8(7)12;/h7-8H,3-6,12H2,1-2H3,(H2,13,16)(H,14,15);1H/t7-,8+;/m0./s1. The zero-order valence-corrected chi connectivity index (χ0v) is 11.2. The fraction of sp³-hybridized carbons (Fsp3) is 0.818. The maximum Gasteiger partial charge on any atom is 0.242 e. The molecule has 0 unspecified atom stereocenters. The predicted molar refractivity (Wildman–Crippen MR) is 68.6 cm³/mol. The third-order valence-corrected chi connectivity index (χ3v) is 3.23. The number of carbonyl (C=O) groups is 2. The van der Waals surface area contributed by atoms with Crippen molar-refractivity contribution in [1.29, 1.82) is 0 Å². The van der Waals surface area contributed by atoms with Gasteiger partial charge in [0.2, 0.25) is 11.8 Å². The number of hydrogen-bond acceptors (Lipinski definition) is 3. The number of nitrogens with one attached hydrogen (secondary N) is 1. The van der Waals surface area contributed by atoms with Gasteiger partial charge in [0.25, 0.3) is 0 Å². The Balaban J connectivity index is 0.00000256. The van der Waals surface area contributed by atoms with E-state index in [1.807, 2.05) is 0 Å². The van der Waals surface area contributed by atoms with Crippen LogP contribution in [0.25, 0.3) is 0 Å². The smallest absolute Gasteiger partial charge is 0.242 e. The number of carbonyl (C=O) groups excluding carboxylic acids is 2. The lowest BCUT2D eigenvalue weighted by Gasteiger charge is -2.24. The number of primary amides is 1. The van der Waals surface area contributed by atoms with Crippen LogP contribution in [0.3, 0.4) is 0 Å². The number of hydrogen-bond donors (Lipinski definition) is 3. The summed E-state index contributed by atoms with van der Waals surface area (Å²) in [6.07, 6.45) is 3.44. The van der Waals surface area contributed by atoms with Crippen LogP contribution >= 0.6 is 12.4 Å². The van der Waals surface area contributed by atoms with Gasteiger partial charge in [-0.1, -0.05) is 6.42 Å². The van der Waals surface area contributed by atoms with Gasteiger partial charge in [-0.15, -0.1) is 12.4 Å². The molecule has 2 amide bonds. The summed E-state index contributed by atoms with van der Waals surface area (Å²) in [6, 6.07) is 0.113. The average molecular weight is 264 g/mol. The first-order chi connectivity index (χ1) is 7.33. The zero-order chi connectivity index (χ0) is 12.3. The Labute approximate surface area is 108 Å². The van der Waals surface area contributed by atoms with E-state index in [0.717, 1.165) is 19.3 Å². The van der Waals surface area contributed by atoms with Gasteiger partial charge in [-0.25, -0.2) is 0 Å². The van der Waals surface area contributed by atoms with Crippen LogP contribution < -0.4 is 16.8 Å². The fourth-order valence-corrected chi connectivity index (χ4v) is 2.02. The van der Waals surface area contributed by atoms with Gasteiger partial charge in [0.1, 0.15) is 5.54 Å². The van der Waals surface area contributed by atoms with Gasteiger partial charge in [0.15, 0.2) is 0 Å². The predicted octanol–water partition coefficient (Wildman–Crippen LogP) is 0.306. The van der Waals surface area contributed by atoms with Gasteiger partial charge in [-0.05, 0) is 32.6 Å². The Bertz CT molecular complexity index is 294. The molecular weight excluding hydrogens is 242 g/mol. The van der Waals surface area contributed by atoms with E-state index in [4.69, 9.17) is 11.5 Å². The van der Waals surface area contributed by atoms with Crippen molar-refractivity contribution in [1.82, 2.24) is 5.32 Å². The highest BCUT2D eigenvalue weighted by atomic mass is 35.5. The monoisotopic (exact) mass is 263 g/mol. The Kier molecular flexibility index (Phi) is 5.92. The largest absolute Gasteiger partial charge is 0.368 e. The molecular formula is C11H22ClN3O2. The van der Waals surface area contributed by atoms with E-state index >= 15 is 0 Å². The van der Waals surface area contributed by atoms with Crippen molar-refractivity contribution in [3.05, 3.63) is 0 Å². The number of nitrogens with two attached hydrogens (primary N) is 2. The zero-order valence-electron chi connectivity index (χ0n) is 10.4. The number of amides is 2. The number of rotatable bonds is 4. The molecule has 2 atom stereocenters. The summed E-state index contributed by atoms with van der Waals surface area (Å²) in [7, 11) is 0. The lowest BCUT2D eigenvalue weighted by atomic mass is 9.98. The molecule has 0 spiro atoms.